The minimum Gasteiger partial charge on any atom is -0.444 e. The van der Waals surface area contributed by atoms with Gasteiger partial charge < -0.3 is 15.4 Å². The molecule has 0 aromatic heterocycles. The zero-order chi connectivity index (χ0) is 22.2. The van der Waals surface area contributed by atoms with Crippen LogP contribution in [-0.4, -0.2) is 56.1 Å². The largest absolute Gasteiger partial charge is 0.444 e. The van der Waals surface area contributed by atoms with Crippen LogP contribution in [0.2, 0.25) is 0 Å². The van der Waals surface area contributed by atoms with Crippen molar-refractivity contribution >= 4 is 16.1 Å². The summed E-state index contributed by atoms with van der Waals surface area (Å²) in [7, 11) is -3.77. The second-order valence-corrected chi connectivity index (χ2v) is 11.5. The third-order valence-corrected chi connectivity index (χ3v) is 7.43. The first-order chi connectivity index (χ1) is 13.9. The van der Waals surface area contributed by atoms with Gasteiger partial charge in [0.1, 0.15) is 16.3 Å². The number of rotatable bonds is 7. The molecule has 1 saturated carbocycles. The maximum absolute atomic E-state index is 13.9. The van der Waals surface area contributed by atoms with Crippen LogP contribution in [0.3, 0.4) is 0 Å². The van der Waals surface area contributed by atoms with E-state index in [9.17, 15) is 17.6 Å². The lowest BCUT2D eigenvalue weighted by Gasteiger charge is -2.58. The number of hydrogen-bond acceptors (Lipinski definition) is 5. The number of nitrogens with zero attached hydrogens (tertiary/aromatic N) is 1. The number of hydrogen-bond donors (Lipinski definition) is 2. The van der Waals surface area contributed by atoms with E-state index < -0.39 is 27.5 Å². The molecule has 1 aliphatic carbocycles. The summed E-state index contributed by atoms with van der Waals surface area (Å²) in [5.41, 5.74) is -0.505. The van der Waals surface area contributed by atoms with Crippen LogP contribution in [0.1, 0.15) is 47.0 Å². The Hall–Kier alpha value is -1.71. The zero-order valence-corrected chi connectivity index (χ0v) is 18.9. The Morgan fingerprint density at radius 1 is 1.30 bits per heavy atom. The molecule has 1 amide bonds. The first kappa shape index (κ1) is 23.0. The van der Waals surface area contributed by atoms with Crippen molar-refractivity contribution in [3.63, 3.8) is 0 Å². The SMILES string of the molecule is CC(CCNC(=O)OC(C)(C)C)NC1CC2(C1)CN(S(=O)(=O)c1ccccc1F)C2. The van der Waals surface area contributed by atoms with Crippen molar-refractivity contribution in [1.82, 2.24) is 14.9 Å². The van der Waals surface area contributed by atoms with Crippen LogP contribution in [0, 0.1) is 11.2 Å². The zero-order valence-electron chi connectivity index (χ0n) is 18.1. The molecule has 30 heavy (non-hydrogen) atoms. The normalized spacial score (nSPS) is 20.3. The Morgan fingerprint density at radius 2 is 1.93 bits per heavy atom. The molecule has 1 aromatic rings. The van der Waals surface area contributed by atoms with E-state index in [1.54, 1.807) is 0 Å². The van der Waals surface area contributed by atoms with Gasteiger partial charge in [0.2, 0.25) is 10.0 Å². The van der Waals surface area contributed by atoms with Crippen molar-refractivity contribution in [2.24, 2.45) is 5.41 Å². The van der Waals surface area contributed by atoms with Gasteiger partial charge in [-0.1, -0.05) is 12.1 Å². The summed E-state index contributed by atoms with van der Waals surface area (Å²) >= 11 is 0. The Kier molecular flexibility index (Phi) is 6.46. The van der Waals surface area contributed by atoms with E-state index in [1.165, 1.54) is 28.6 Å². The van der Waals surface area contributed by atoms with Gasteiger partial charge in [-0.15, -0.1) is 0 Å². The lowest BCUT2D eigenvalue weighted by Crippen LogP contribution is -2.67. The molecule has 7 nitrogen and oxygen atoms in total. The third kappa shape index (κ3) is 5.31. The molecule has 1 unspecified atom stereocenters. The van der Waals surface area contributed by atoms with E-state index in [-0.39, 0.29) is 16.4 Å². The molecule has 0 bridgehead atoms. The highest BCUT2D eigenvalue weighted by atomic mass is 32.2. The Morgan fingerprint density at radius 3 is 2.53 bits per heavy atom. The van der Waals surface area contributed by atoms with E-state index in [1.807, 2.05) is 20.8 Å². The highest BCUT2D eigenvalue weighted by Crippen LogP contribution is 2.50. The number of nitrogens with one attached hydrogen (secondary N) is 2. The number of amides is 1. The molecule has 3 rings (SSSR count). The van der Waals surface area contributed by atoms with Gasteiger partial charge in [0.25, 0.3) is 0 Å². The monoisotopic (exact) mass is 441 g/mol. The molecule has 0 radical (unpaired) electrons. The van der Waals surface area contributed by atoms with Crippen LogP contribution in [0.15, 0.2) is 29.2 Å². The molecule has 2 N–H and O–H groups in total. The van der Waals surface area contributed by atoms with Crippen LogP contribution >= 0.6 is 0 Å². The van der Waals surface area contributed by atoms with E-state index in [2.05, 4.69) is 17.6 Å². The fourth-order valence-corrected chi connectivity index (χ4v) is 5.95. The average Bonchev–Trinajstić information content (AvgIpc) is 2.54. The van der Waals surface area contributed by atoms with Crippen LogP contribution in [0.5, 0.6) is 0 Å². The van der Waals surface area contributed by atoms with Gasteiger partial charge in [0.15, 0.2) is 0 Å². The number of carbonyl (C=O) groups is 1. The minimum atomic E-state index is -3.77. The highest BCUT2D eigenvalue weighted by molar-refractivity contribution is 7.89. The summed E-state index contributed by atoms with van der Waals surface area (Å²) in [4.78, 5) is 11.4. The molecule has 1 aliphatic heterocycles. The van der Waals surface area contributed by atoms with Crippen LogP contribution in [0.4, 0.5) is 9.18 Å². The fraction of sp³-hybridized carbons (Fsp3) is 0.667. The Balaban J connectivity index is 1.37. The number of sulfonamides is 1. The standard InChI is InChI=1S/C21H32FN3O4S/c1-15(9-10-23-19(26)29-20(2,3)4)24-16-11-21(12-16)13-25(14-21)30(27,28)18-8-6-5-7-17(18)22/h5-8,15-16,24H,9-14H2,1-4H3,(H,23,26). The summed E-state index contributed by atoms with van der Waals surface area (Å²) in [5, 5.41) is 6.29. The van der Waals surface area contributed by atoms with Gasteiger partial charge >= 0.3 is 6.09 Å². The van der Waals surface area contributed by atoms with Crippen LogP contribution in [-0.2, 0) is 14.8 Å². The second-order valence-electron chi connectivity index (χ2n) is 9.59. The van der Waals surface area contributed by atoms with Crippen molar-refractivity contribution in [2.45, 2.75) is 69.5 Å². The van der Waals surface area contributed by atoms with Gasteiger partial charge in [-0.2, -0.15) is 4.31 Å². The Labute approximate surface area is 178 Å². The number of ether oxygens (including phenoxy) is 1. The van der Waals surface area contributed by atoms with Gasteiger partial charge in [0.05, 0.1) is 0 Å². The number of halogens is 1. The molecule has 1 atom stereocenters. The quantitative estimate of drug-likeness (QED) is 0.679. The summed E-state index contributed by atoms with van der Waals surface area (Å²) in [6, 6.07) is 6.06. The molecular weight excluding hydrogens is 409 g/mol. The molecule has 1 aromatic carbocycles. The average molecular weight is 442 g/mol. The third-order valence-electron chi connectivity index (χ3n) is 5.60. The molecular formula is C21H32FN3O4S. The Bertz CT molecular complexity index is 870. The van der Waals surface area contributed by atoms with Crippen molar-refractivity contribution in [3.8, 4) is 0 Å². The molecule has 1 spiro atoms. The summed E-state index contributed by atoms with van der Waals surface area (Å²) < 4.78 is 45.7. The fourth-order valence-electron chi connectivity index (χ4n) is 4.22. The van der Waals surface area contributed by atoms with E-state index >= 15 is 0 Å². The van der Waals surface area contributed by atoms with Gasteiger partial charge in [-0.05, 0) is 59.1 Å². The number of benzene rings is 1. The number of alkyl carbamates (subject to hydrolysis) is 1. The van der Waals surface area contributed by atoms with Crippen molar-refractivity contribution in [2.75, 3.05) is 19.6 Å². The van der Waals surface area contributed by atoms with Crippen LogP contribution in [0.25, 0.3) is 0 Å². The highest BCUT2D eigenvalue weighted by Gasteiger charge is 2.55. The topological polar surface area (TPSA) is 87.7 Å². The van der Waals surface area contributed by atoms with Gasteiger partial charge in [-0.25, -0.2) is 17.6 Å². The molecule has 2 fully saturated rings. The smallest absolute Gasteiger partial charge is 0.407 e. The predicted molar refractivity (Wildman–Crippen MR) is 112 cm³/mol. The van der Waals surface area contributed by atoms with Crippen molar-refractivity contribution < 1.29 is 22.3 Å². The molecule has 168 valence electrons. The van der Waals surface area contributed by atoms with Crippen molar-refractivity contribution in [1.29, 1.82) is 0 Å². The van der Waals surface area contributed by atoms with Gasteiger partial charge in [0, 0.05) is 37.1 Å². The lowest BCUT2D eigenvalue weighted by molar-refractivity contribution is -0.0365. The van der Waals surface area contributed by atoms with E-state index in [0.29, 0.717) is 25.7 Å². The van der Waals surface area contributed by atoms with E-state index in [4.69, 9.17) is 4.74 Å². The number of carbonyl (C=O) groups excluding carboxylic acids is 1. The molecule has 1 heterocycles. The van der Waals surface area contributed by atoms with E-state index in [0.717, 1.165) is 19.3 Å². The molecule has 9 heteroatoms. The molecule has 1 saturated heterocycles. The maximum Gasteiger partial charge on any atom is 0.407 e. The molecule has 2 aliphatic rings. The summed E-state index contributed by atoms with van der Waals surface area (Å²) in [6.45, 7) is 8.95. The summed E-state index contributed by atoms with van der Waals surface area (Å²) in [6.07, 6.45) is 2.17. The predicted octanol–water partition coefficient (Wildman–Crippen LogP) is 2.87. The first-order valence-corrected chi connectivity index (χ1v) is 11.8. The van der Waals surface area contributed by atoms with Crippen LogP contribution < -0.4 is 10.6 Å². The first-order valence-electron chi connectivity index (χ1n) is 10.4. The van der Waals surface area contributed by atoms with Crippen molar-refractivity contribution in [3.05, 3.63) is 30.1 Å². The second kappa shape index (κ2) is 8.43. The minimum absolute atomic E-state index is 0.00444. The maximum atomic E-state index is 13.9. The summed E-state index contributed by atoms with van der Waals surface area (Å²) in [5.74, 6) is -0.708. The lowest BCUT2D eigenvalue weighted by atomic mass is 9.61. The van der Waals surface area contributed by atoms with Gasteiger partial charge in [-0.3, -0.25) is 0 Å².